The maximum Gasteiger partial charge on any atom is 0.513 e. The molecule has 0 aromatic heterocycles. The van der Waals surface area contributed by atoms with Crippen molar-refractivity contribution >= 4 is 21.9 Å². The molecule has 0 spiro atoms. The number of unbranched alkanes of at least 4 members (excludes halogenated alkanes) is 5. The van der Waals surface area contributed by atoms with Gasteiger partial charge in [-0.1, -0.05) is 39.0 Å². The molecule has 2 aromatic carbocycles. The molecule has 2 N–H and O–H groups in total. The Balaban J connectivity index is 1.80. The van der Waals surface area contributed by atoms with E-state index in [0.717, 1.165) is 19.3 Å². The molecule has 0 heterocycles. The summed E-state index contributed by atoms with van der Waals surface area (Å²) in [6.45, 7) is 2.46. The number of anilines is 1. The van der Waals surface area contributed by atoms with Crippen molar-refractivity contribution in [1.82, 2.24) is 0 Å². The number of rotatable bonds is 11. The lowest BCUT2D eigenvalue weighted by Gasteiger charge is -2.09. The molecule has 0 saturated carbocycles. The minimum Gasteiger partial charge on any atom is -0.508 e. The van der Waals surface area contributed by atoms with Crippen LogP contribution in [0, 0.1) is 0 Å². The molecule has 0 atom stereocenters. The average molecular weight is 422 g/mol. The van der Waals surface area contributed by atoms with Crippen LogP contribution in [-0.2, 0) is 14.8 Å². The third kappa shape index (κ3) is 8.03. The average Bonchev–Trinajstić information content (AvgIpc) is 2.69. The Kier molecular flexibility index (Phi) is 8.79. The Hall–Kier alpha value is -2.74. The lowest BCUT2D eigenvalue weighted by molar-refractivity contribution is 0.0973. The predicted octanol–water partition coefficient (Wildman–Crippen LogP) is 5.07. The molecule has 29 heavy (non-hydrogen) atoms. The number of benzene rings is 2. The summed E-state index contributed by atoms with van der Waals surface area (Å²) in [6, 6.07) is 11.1. The molecule has 2 rings (SSSR count). The van der Waals surface area contributed by atoms with Gasteiger partial charge in [0.2, 0.25) is 0 Å². The van der Waals surface area contributed by atoms with E-state index in [9.17, 15) is 18.3 Å². The molecule has 7 nitrogen and oxygen atoms in total. The summed E-state index contributed by atoms with van der Waals surface area (Å²) in [6.07, 6.45) is 5.72. The minimum atomic E-state index is -3.80. The number of ether oxygens (including phenoxy) is 2. The molecule has 0 amide bonds. The van der Waals surface area contributed by atoms with E-state index in [1.54, 1.807) is 0 Å². The van der Waals surface area contributed by atoms with Crippen molar-refractivity contribution in [2.45, 2.75) is 50.3 Å². The second kappa shape index (κ2) is 11.3. The Morgan fingerprint density at radius 3 is 2.21 bits per heavy atom. The minimum absolute atomic E-state index is 0.0124. The Bertz CT molecular complexity index is 863. The summed E-state index contributed by atoms with van der Waals surface area (Å²) in [5.74, 6) is 0.236. The number of hydrogen-bond acceptors (Lipinski definition) is 6. The Morgan fingerprint density at radius 2 is 1.55 bits per heavy atom. The van der Waals surface area contributed by atoms with Gasteiger partial charge in [0, 0.05) is 5.69 Å². The summed E-state index contributed by atoms with van der Waals surface area (Å²) < 4.78 is 37.2. The van der Waals surface area contributed by atoms with Gasteiger partial charge in [0.25, 0.3) is 10.0 Å². The summed E-state index contributed by atoms with van der Waals surface area (Å²) >= 11 is 0. The summed E-state index contributed by atoms with van der Waals surface area (Å²) in [5.41, 5.74) is 0.321. The van der Waals surface area contributed by atoms with E-state index in [0.29, 0.717) is 12.3 Å². The van der Waals surface area contributed by atoms with Crippen LogP contribution in [0.3, 0.4) is 0 Å². The zero-order valence-electron chi connectivity index (χ0n) is 16.5. The molecule has 0 fully saturated rings. The molecule has 158 valence electrons. The largest absolute Gasteiger partial charge is 0.513 e. The Morgan fingerprint density at radius 1 is 0.931 bits per heavy atom. The van der Waals surface area contributed by atoms with E-state index < -0.39 is 16.2 Å². The first-order chi connectivity index (χ1) is 13.9. The molecule has 0 aliphatic heterocycles. The van der Waals surface area contributed by atoms with Gasteiger partial charge in [0.15, 0.2) is 0 Å². The van der Waals surface area contributed by atoms with Crippen molar-refractivity contribution in [2.75, 3.05) is 11.3 Å². The summed E-state index contributed by atoms with van der Waals surface area (Å²) in [4.78, 5) is 11.7. The van der Waals surface area contributed by atoms with Crippen LogP contribution in [0.25, 0.3) is 0 Å². The first kappa shape index (κ1) is 22.5. The van der Waals surface area contributed by atoms with Crippen LogP contribution in [0.5, 0.6) is 11.5 Å². The first-order valence-electron chi connectivity index (χ1n) is 9.67. The zero-order chi connectivity index (χ0) is 21.1. The highest BCUT2D eigenvalue weighted by atomic mass is 32.2. The second-order valence-corrected chi connectivity index (χ2v) is 8.27. The third-order valence-electron chi connectivity index (χ3n) is 4.17. The number of sulfonamides is 1. The van der Waals surface area contributed by atoms with Gasteiger partial charge in [-0.05, 0) is 55.0 Å². The van der Waals surface area contributed by atoms with Gasteiger partial charge in [-0.15, -0.1) is 0 Å². The monoisotopic (exact) mass is 421 g/mol. The predicted molar refractivity (Wildman–Crippen MR) is 111 cm³/mol. The fraction of sp³-hybridized carbons (Fsp3) is 0.381. The molecule has 0 aliphatic rings. The molecule has 8 heteroatoms. The molecule has 0 aliphatic carbocycles. The van der Waals surface area contributed by atoms with Crippen molar-refractivity contribution in [2.24, 2.45) is 0 Å². The first-order valence-corrected chi connectivity index (χ1v) is 11.2. The molecular weight excluding hydrogens is 394 g/mol. The van der Waals surface area contributed by atoms with E-state index in [-0.39, 0.29) is 16.4 Å². The van der Waals surface area contributed by atoms with E-state index in [1.165, 1.54) is 67.8 Å². The molecule has 0 saturated heterocycles. The van der Waals surface area contributed by atoms with Crippen LogP contribution in [0.2, 0.25) is 0 Å². The van der Waals surface area contributed by atoms with Gasteiger partial charge in [-0.3, -0.25) is 4.72 Å². The smallest absolute Gasteiger partial charge is 0.508 e. The maximum absolute atomic E-state index is 12.4. The maximum atomic E-state index is 12.4. The number of phenolic OH excluding ortho intramolecular Hbond substituents is 1. The second-order valence-electron chi connectivity index (χ2n) is 6.59. The van der Waals surface area contributed by atoms with Crippen LogP contribution in [0.4, 0.5) is 10.5 Å². The zero-order valence-corrected chi connectivity index (χ0v) is 17.3. The number of carbonyl (C=O) groups is 1. The van der Waals surface area contributed by atoms with Crippen LogP contribution in [0.1, 0.15) is 45.4 Å². The molecular formula is C21H27NO6S. The van der Waals surface area contributed by atoms with Crippen molar-refractivity contribution in [3.05, 3.63) is 48.5 Å². The van der Waals surface area contributed by atoms with Crippen molar-refractivity contribution in [3.63, 3.8) is 0 Å². The highest BCUT2D eigenvalue weighted by Crippen LogP contribution is 2.21. The van der Waals surface area contributed by atoms with Gasteiger partial charge in [-0.25, -0.2) is 13.2 Å². The van der Waals surface area contributed by atoms with Gasteiger partial charge in [0.05, 0.1) is 11.5 Å². The molecule has 0 bridgehead atoms. The normalized spacial score (nSPS) is 11.1. The van der Waals surface area contributed by atoms with Gasteiger partial charge in [-0.2, -0.15) is 0 Å². The molecule has 2 aromatic rings. The van der Waals surface area contributed by atoms with Crippen LogP contribution >= 0.6 is 0 Å². The van der Waals surface area contributed by atoms with E-state index in [1.807, 2.05) is 0 Å². The fourth-order valence-electron chi connectivity index (χ4n) is 2.59. The standard InChI is InChI=1S/C21H27NO6S/c1-2-3-4-5-6-7-16-27-21(24)28-19-12-14-20(15-13-19)29(25,26)22-17-8-10-18(23)11-9-17/h8-15,22-23H,2-7,16H2,1H3. The number of nitrogens with one attached hydrogen (secondary N) is 1. The number of hydrogen-bond donors (Lipinski definition) is 2. The SMILES string of the molecule is CCCCCCCCOC(=O)Oc1ccc(S(=O)(=O)Nc2ccc(O)cc2)cc1. The molecule has 0 unspecified atom stereocenters. The van der Waals surface area contributed by atoms with E-state index in [4.69, 9.17) is 9.47 Å². The van der Waals surface area contributed by atoms with Crippen LogP contribution < -0.4 is 9.46 Å². The quantitative estimate of drug-likeness (QED) is 0.227. The van der Waals surface area contributed by atoms with Crippen molar-refractivity contribution in [3.8, 4) is 11.5 Å². The summed E-state index contributed by atoms with van der Waals surface area (Å²) in [5, 5.41) is 9.26. The lowest BCUT2D eigenvalue weighted by Crippen LogP contribution is -2.13. The topological polar surface area (TPSA) is 102 Å². The van der Waals surface area contributed by atoms with E-state index in [2.05, 4.69) is 11.6 Å². The summed E-state index contributed by atoms with van der Waals surface area (Å²) in [7, 11) is -3.80. The van der Waals surface area contributed by atoms with Crippen LogP contribution in [0.15, 0.2) is 53.4 Å². The van der Waals surface area contributed by atoms with Crippen molar-refractivity contribution < 1.29 is 27.8 Å². The van der Waals surface area contributed by atoms with Gasteiger partial charge >= 0.3 is 6.16 Å². The Labute approximate surface area is 171 Å². The number of aromatic hydroxyl groups is 1. The van der Waals surface area contributed by atoms with Crippen molar-refractivity contribution in [1.29, 1.82) is 0 Å². The third-order valence-corrected chi connectivity index (χ3v) is 5.57. The lowest BCUT2D eigenvalue weighted by atomic mass is 10.1. The van der Waals surface area contributed by atoms with Gasteiger partial charge in [0.1, 0.15) is 11.5 Å². The van der Waals surface area contributed by atoms with Gasteiger partial charge < -0.3 is 14.6 Å². The van der Waals surface area contributed by atoms with E-state index >= 15 is 0 Å². The van der Waals surface area contributed by atoms with Crippen LogP contribution in [-0.4, -0.2) is 26.3 Å². The number of carbonyl (C=O) groups excluding carboxylic acids is 1. The fourth-order valence-corrected chi connectivity index (χ4v) is 3.65. The molecule has 0 radical (unpaired) electrons. The highest BCUT2D eigenvalue weighted by Gasteiger charge is 2.15. The highest BCUT2D eigenvalue weighted by molar-refractivity contribution is 7.92. The number of phenols is 1.